The van der Waals surface area contributed by atoms with Gasteiger partial charge >= 0.3 is 70.6 Å². The predicted octanol–water partition coefficient (Wildman–Crippen LogP) is 0.757. The largest absolute Gasteiger partial charge is 2.00 e. The van der Waals surface area contributed by atoms with Gasteiger partial charge in [-0.15, -0.1) is 0 Å². The van der Waals surface area contributed by atoms with Crippen molar-refractivity contribution < 1.29 is 34.2 Å². The van der Waals surface area contributed by atoms with Crippen molar-refractivity contribution in [2.75, 3.05) is 0 Å². The van der Waals surface area contributed by atoms with Crippen LogP contribution in [-0.4, -0.2) is 61.5 Å². The molecule has 0 saturated carbocycles. The fourth-order valence-corrected chi connectivity index (χ4v) is 0.0833. The molecule has 54 valence electrons. The molecule has 0 N–H and O–H groups in total. The van der Waals surface area contributed by atoms with E-state index in [-0.39, 0.29) is 73.5 Å². The molecule has 0 fully saturated rings. The van der Waals surface area contributed by atoms with Crippen LogP contribution in [0.3, 0.4) is 0 Å². The van der Waals surface area contributed by atoms with Crippen LogP contribution in [0.15, 0.2) is 0 Å². The van der Waals surface area contributed by atoms with E-state index in [9.17, 15) is 4.79 Å². The van der Waals surface area contributed by atoms with Crippen LogP contribution in [0.25, 0.3) is 0 Å². The van der Waals surface area contributed by atoms with Crippen LogP contribution in [0.5, 0.6) is 0 Å². The van der Waals surface area contributed by atoms with Crippen molar-refractivity contribution in [2.45, 2.75) is 19.8 Å². The minimum Gasteiger partial charge on any atom is -1.00 e. The molecule has 0 amide bonds. The molecule has 10 heavy (non-hydrogen) atoms. The van der Waals surface area contributed by atoms with Gasteiger partial charge in [-0.25, -0.2) is 0 Å². The van der Waals surface area contributed by atoms with Crippen LogP contribution in [0, 0.1) is 6.92 Å². The Morgan fingerprint density at radius 1 is 1.70 bits per heavy atom. The molecule has 4 heteroatoms. The summed E-state index contributed by atoms with van der Waals surface area (Å²) in [5.41, 5.74) is 0. The molecule has 0 radical (unpaired) electrons. The van der Waals surface area contributed by atoms with Crippen molar-refractivity contribution >= 4 is 61.5 Å². The average molecular weight is 301 g/mol. The molecular weight excluding hydrogens is 289 g/mol. The van der Waals surface area contributed by atoms with Crippen LogP contribution < -0.4 is 0 Å². The molecule has 0 unspecified atom stereocenters. The summed E-state index contributed by atoms with van der Waals surface area (Å²) in [4.78, 5) is 18.0. The fourth-order valence-electron chi connectivity index (χ4n) is 0.0833. The van der Waals surface area contributed by atoms with Crippen molar-refractivity contribution in [3.8, 4) is 0 Å². The molecule has 0 aromatic carbocycles. The quantitative estimate of drug-likeness (QED) is 0.429. The molecular formula is C6H12BaO2Ti. The molecule has 0 heterocycles. The zero-order chi connectivity index (χ0) is 6.83. The second-order valence-corrected chi connectivity index (χ2v) is 1.01. The van der Waals surface area contributed by atoms with Gasteiger partial charge in [0.2, 0.25) is 0 Å². The third-order valence-corrected chi connectivity index (χ3v) is 0.322. The first kappa shape index (κ1) is 22.6. The van der Waals surface area contributed by atoms with Crippen LogP contribution >= 0.6 is 0 Å². The van der Waals surface area contributed by atoms with Crippen molar-refractivity contribution in [3.63, 3.8) is 0 Å². The Bertz CT molecular complexity index is 67.5. The number of aldehydes is 1. The van der Waals surface area contributed by atoms with Gasteiger partial charge in [-0.3, -0.25) is 6.29 Å². The molecule has 0 saturated heterocycles. The minimum absolute atomic E-state index is 0. The van der Waals surface area contributed by atoms with E-state index in [1.165, 1.54) is 13.2 Å². The van der Waals surface area contributed by atoms with Gasteiger partial charge in [0.25, 0.3) is 0 Å². The Balaban J connectivity index is -0.0000000119. The van der Waals surface area contributed by atoms with Crippen LogP contribution in [0.1, 0.15) is 22.6 Å². The number of rotatable bonds is 2. The summed E-state index contributed by atoms with van der Waals surface area (Å²) in [6.07, 6.45) is 3.69. The molecule has 2 nitrogen and oxygen atoms in total. The summed E-state index contributed by atoms with van der Waals surface area (Å²) in [6, 6.07) is 0. The molecule has 0 spiro atoms. The number of carbonyl (C=O) groups is 1. The van der Waals surface area contributed by atoms with Crippen LogP contribution in [-0.2, 0) is 31.3 Å². The summed E-state index contributed by atoms with van der Waals surface area (Å²) < 4.78 is 0. The first-order valence-corrected chi connectivity index (χ1v) is 2.35. The number of unbranched alkanes of at least 4 members (excludes halogenated alkanes) is 1. The van der Waals surface area contributed by atoms with E-state index in [2.05, 4.69) is 6.92 Å². The fraction of sp³-hybridized carbons (Fsp3) is 0.500. The first-order chi connectivity index (χ1) is 3.83. The second kappa shape index (κ2) is 31.1. The van der Waals surface area contributed by atoms with E-state index in [0.717, 1.165) is 12.7 Å². The third-order valence-electron chi connectivity index (χ3n) is 0.322. The molecule has 0 aromatic heterocycles. The molecule has 0 aliphatic rings. The third kappa shape index (κ3) is 54.5. The van der Waals surface area contributed by atoms with Gasteiger partial charge in [0.05, 0.1) is 0 Å². The van der Waals surface area contributed by atoms with Crippen molar-refractivity contribution in [3.05, 3.63) is 6.92 Å². The van der Waals surface area contributed by atoms with Crippen molar-refractivity contribution in [1.29, 1.82) is 0 Å². The second-order valence-electron chi connectivity index (χ2n) is 1.01. The van der Waals surface area contributed by atoms with Gasteiger partial charge in [0, 0.05) is 0 Å². The van der Waals surface area contributed by atoms with Gasteiger partial charge in [0.15, 0.2) is 0 Å². The normalized spacial score (nSPS) is 5.00. The number of hydrogen-bond acceptors (Lipinski definition) is 2. The van der Waals surface area contributed by atoms with E-state index in [1.807, 2.05) is 0 Å². The van der Waals surface area contributed by atoms with E-state index < -0.39 is 0 Å². The van der Waals surface area contributed by atoms with Gasteiger partial charge in [-0.2, -0.15) is 13.3 Å². The first-order valence-electron chi connectivity index (χ1n) is 2.35. The molecule has 0 aliphatic heterocycles. The maximum atomic E-state index is 9.36. The summed E-state index contributed by atoms with van der Waals surface area (Å²) in [6.45, 7) is 4.76. The van der Waals surface area contributed by atoms with Gasteiger partial charge in [0.1, 0.15) is 6.29 Å². The molecule has 0 aromatic rings. The number of carbonyl (C=O) groups excluding carboxylic acids is 2. The molecule has 0 bridgehead atoms. The van der Waals surface area contributed by atoms with Crippen molar-refractivity contribution in [2.24, 2.45) is 0 Å². The van der Waals surface area contributed by atoms with E-state index >= 15 is 0 Å². The van der Waals surface area contributed by atoms with Gasteiger partial charge < -0.3 is 19.4 Å². The van der Waals surface area contributed by atoms with Gasteiger partial charge in [-0.05, 0) is 6.42 Å². The zero-order valence-corrected chi connectivity index (χ0v) is 12.2. The number of hydrogen-bond donors (Lipinski definition) is 0. The molecule has 0 rings (SSSR count). The smallest absolute Gasteiger partial charge is 1.00 e. The van der Waals surface area contributed by atoms with E-state index in [0.29, 0.717) is 6.42 Å². The van der Waals surface area contributed by atoms with Crippen molar-refractivity contribution in [1.82, 2.24) is 0 Å². The Labute approximate surface area is 120 Å². The Kier molecular flexibility index (Phi) is 70.2. The summed E-state index contributed by atoms with van der Waals surface area (Å²) in [5.74, 6) is 0. The summed E-state index contributed by atoms with van der Waals surface area (Å²) >= 11 is 0. The molecule has 0 aliphatic carbocycles. The Hall–Kier alpha value is 1.63. The maximum absolute atomic E-state index is 9.36. The standard InChI is InChI=1S/C4H7O.C2H3O.Ba.Ti.2H/c1-2-3-4-5;1-2-3;;;;/h4H,1-3H2;1H3;;;;/q2*-1;2*+2;2*-1. The molecule has 0 atom stereocenters. The minimum atomic E-state index is 0. The summed E-state index contributed by atoms with van der Waals surface area (Å²) in [7, 11) is 0. The predicted molar refractivity (Wildman–Crippen MR) is 40.0 cm³/mol. The topological polar surface area (TPSA) is 34.1 Å². The van der Waals surface area contributed by atoms with Crippen LogP contribution in [0.4, 0.5) is 0 Å². The summed E-state index contributed by atoms with van der Waals surface area (Å²) in [5, 5.41) is 0. The SMILES string of the molecule is C[C-]=O.[Ba+2].[CH2-]CCC=O.[H-].[H-].[Ti+2]. The Morgan fingerprint density at radius 3 is 2.00 bits per heavy atom. The van der Waals surface area contributed by atoms with Gasteiger partial charge in [-0.1, -0.05) is 0 Å². The Morgan fingerprint density at radius 2 is 2.00 bits per heavy atom. The maximum Gasteiger partial charge on any atom is 2.00 e. The van der Waals surface area contributed by atoms with Crippen LogP contribution in [0.2, 0.25) is 0 Å². The zero-order valence-electron chi connectivity index (χ0n) is 8.22. The van der Waals surface area contributed by atoms with E-state index in [1.54, 1.807) is 0 Å². The average Bonchev–Trinajstić information content (AvgIpc) is 1.71. The van der Waals surface area contributed by atoms with E-state index in [4.69, 9.17) is 4.79 Å². The monoisotopic (exact) mass is 302 g/mol.